The van der Waals surface area contributed by atoms with E-state index in [0.29, 0.717) is 0 Å². The predicted molar refractivity (Wildman–Crippen MR) is 86.7 cm³/mol. The van der Waals surface area contributed by atoms with Crippen LogP contribution in [0.15, 0.2) is 35.2 Å². The highest BCUT2D eigenvalue weighted by atomic mass is 32.2. The third-order valence-electron chi connectivity index (χ3n) is 3.35. The number of halogens is 1. The minimum Gasteiger partial charge on any atom is -0.458 e. The number of nitriles is 1. The molecule has 0 fully saturated rings. The van der Waals surface area contributed by atoms with Crippen LogP contribution < -0.4 is 4.74 Å². The molecule has 0 aliphatic rings. The molecule has 0 saturated carbocycles. The van der Waals surface area contributed by atoms with Gasteiger partial charge in [0.05, 0.1) is 21.9 Å². The molecule has 7 nitrogen and oxygen atoms in total. The van der Waals surface area contributed by atoms with E-state index in [1.807, 2.05) is 6.07 Å². The summed E-state index contributed by atoms with van der Waals surface area (Å²) in [4.78, 5) is 3.21. The van der Waals surface area contributed by atoms with E-state index in [1.54, 1.807) is 0 Å². The Bertz CT molecular complexity index is 1190. The van der Waals surface area contributed by atoms with Gasteiger partial charge in [-0.3, -0.25) is 0 Å². The SMILES string of the molecule is [C-]#[N+]c1[nH]nc2c(S(C)(=O)=O)ccc(Oc3cc(F)cc(C#N)c3)c12. The van der Waals surface area contributed by atoms with E-state index < -0.39 is 15.7 Å². The van der Waals surface area contributed by atoms with Crippen molar-refractivity contribution in [3.05, 3.63) is 53.1 Å². The minimum atomic E-state index is -3.58. The fraction of sp³-hybridized carbons (Fsp3) is 0.0625. The van der Waals surface area contributed by atoms with E-state index in [1.165, 1.54) is 18.2 Å². The van der Waals surface area contributed by atoms with E-state index in [4.69, 9.17) is 16.6 Å². The molecule has 1 heterocycles. The van der Waals surface area contributed by atoms with Crippen molar-refractivity contribution in [3.63, 3.8) is 0 Å². The lowest BCUT2D eigenvalue weighted by Gasteiger charge is -2.09. The lowest BCUT2D eigenvalue weighted by Crippen LogP contribution is -1.99. The zero-order valence-electron chi connectivity index (χ0n) is 12.7. The van der Waals surface area contributed by atoms with E-state index >= 15 is 0 Å². The van der Waals surface area contributed by atoms with Gasteiger partial charge in [0.15, 0.2) is 9.84 Å². The molecule has 0 unspecified atom stereocenters. The molecule has 0 atom stereocenters. The Morgan fingerprint density at radius 3 is 2.76 bits per heavy atom. The molecule has 0 aliphatic carbocycles. The summed E-state index contributed by atoms with van der Waals surface area (Å²) in [6, 6.07) is 7.93. The second kappa shape index (κ2) is 5.89. The molecule has 25 heavy (non-hydrogen) atoms. The first kappa shape index (κ1) is 16.4. The number of rotatable bonds is 3. The van der Waals surface area contributed by atoms with Crippen LogP contribution in [-0.4, -0.2) is 24.9 Å². The molecular weight excluding hydrogens is 347 g/mol. The van der Waals surface area contributed by atoms with E-state index in [9.17, 15) is 12.8 Å². The fourth-order valence-corrected chi connectivity index (χ4v) is 3.15. The van der Waals surface area contributed by atoms with Crippen LogP contribution in [0.4, 0.5) is 10.2 Å². The van der Waals surface area contributed by atoms with Crippen LogP contribution in [0.5, 0.6) is 11.5 Å². The Morgan fingerprint density at radius 2 is 2.12 bits per heavy atom. The number of aromatic nitrogens is 2. The molecule has 1 aromatic heterocycles. The summed E-state index contributed by atoms with van der Waals surface area (Å²) in [6.07, 6.45) is 1.03. The van der Waals surface area contributed by atoms with Crippen LogP contribution >= 0.6 is 0 Å². The number of H-pyrrole nitrogens is 1. The molecule has 9 heteroatoms. The number of hydrogen-bond donors (Lipinski definition) is 1. The summed E-state index contributed by atoms with van der Waals surface area (Å²) < 4.78 is 42.9. The van der Waals surface area contributed by atoms with Crippen molar-refractivity contribution in [2.24, 2.45) is 0 Å². The molecule has 0 amide bonds. The zero-order chi connectivity index (χ0) is 18.2. The zero-order valence-corrected chi connectivity index (χ0v) is 13.6. The maximum atomic E-state index is 13.6. The number of ether oxygens (including phenoxy) is 1. The number of hydrogen-bond acceptors (Lipinski definition) is 5. The Morgan fingerprint density at radius 1 is 1.36 bits per heavy atom. The number of benzene rings is 2. The third kappa shape index (κ3) is 3.01. The Balaban J connectivity index is 2.22. The lowest BCUT2D eigenvalue weighted by molar-refractivity contribution is 0.481. The molecule has 0 spiro atoms. The van der Waals surface area contributed by atoms with Crippen LogP contribution in [0.1, 0.15) is 5.56 Å². The van der Waals surface area contributed by atoms with Gasteiger partial charge in [0, 0.05) is 12.3 Å². The maximum absolute atomic E-state index is 13.6. The number of sulfone groups is 1. The quantitative estimate of drug-likeness (QED) is 0.726. The summed E-state index contributed by atoms with van der Waals surface area (Å²) >= 11 is 0. The molecule has 3 aromatic rings. The third-order valence-corrected chi connectivity index (χ3v) is 4.48. The summed E-state index contributed by atoms with van der Waals surface area (Å²) in [5.74, 6) is -0.498. The fourth-order valence-electron chi connectivity index (χ4n) is 2.34. The molecule has 3 rings (SSSR count). The lowest BCUT2D eigenvalue weighted by atomic mass is 10.2. The van der Waals surface area contributed by atoms with E-state index in [-0.39, 0.29) is 38.7 Å². The standard InChI is InChI=1S/C16H9FN4O3S/c1-19-16-14-12(24-11-6-9(8-18)5-10(17)7-11)3-4-13(25(2,22)23)15(14)20-21-16/h3-7H,2H3,(H,20,21). The van der Waals surface area contributed by atoms with Crippen molar-refractivity contribution in [2.45, 2.75) is 4.90 Å². The van der Waals surface area contributed by atoms with Crippen LogP contribution in [0.2, 0.25) is 0 Å². The smallest absolute Gasteiger partial charge is 0.261 e. The maximum Gasteiger partial charge on any atom is 0.261 e. The summed E-state index contributed by atoms with van der Waals surface area (Å²) in [6.45, 7) is 7.19. The van der Waals surface area contributed by atoms with Gasteiger partial charge in [-0.15, -0.1) is 5.10 Å². The summed E-state index contributed by atoms with van der Waals surface area (Å²) in [5.41, 5.74) is 0.125. The first-order chi connectivity index (χ1) is 11.8. The monoisotopic (exact) mass is 356 g/mol. The Kier molecular flexibility index (Phi) is 3.87. The number of nitrogens with zero attached hydrogens (tertiary/aromatic N) is 3. The molecule has 124 valence electrons. The minimum absolute atomic E-state index is 0.00703. The molecule has 0 aliphatic heterocycles. The second-order valence-electron chi connectivity index (χ2n) is 5.13. The average Bonchev–Trinajstić information content (AvgIpc) is 2.97. The normalized spacial score (nSPS) is 11.0. The highest BCUT2D eigenvalue weighted by molar-refractivity contribution is 7.91. The van der Waals surface area contributed by atoms with Gasteiger partial charge in [0.2, 0.25) is 0 Å². The molecule has 1 N–H and O–H groups in total. The predicted octanol–water partition coefficient (Wildman–Crippen LogP) is 3.32. The van der Waals surface area contributed by atoms with Crippen molar-refractivity contribution in [2.75, 3.05) is 6.26 Å². The van der Waals surface area contributed by atoms with E-state index in [0.717, 1.165) is 18.4 Å². The van der Waals surface area contributed by atoms with Crippen LogP contribution in [0, 0.1) is 23.7 Å². The highest BCUT2D eigenvalue weighted by Gasteiger charge is 2.21. The van der Waals surface area contributed by atoms with Gasteiger partial charge in [-0.1, -0.05) is 6.57 Å². The molecule has 2 aromatic carbocycles. The number of nitrogens with one attached hydrogen (secondary N) is 1. The number of fused-ring (bicyclic) bond motifs is 1. The van der Waals surface area contributed by atoms with Crippen molar-refractivity contribution in [3.8, 4) is 17.6 Å². The van der Waals surface area contributed by atoms with Gasteiger partial charge in [0.1, 0.15) is 22.8 Å². The van der Waals surface area contributed by atoms with Crippen molar-refractivity contribution >= 4 is 26.6 Å². The van der Waals surface area contributed by atoms with Crippen molar-refractivity contribution in [1.82, 2.24) is 10.2 Å². The molecular formula is C16H9FN4O3S. The van der Waals surface area contributed by atoms with Crippen LogP contribution in [0.25, 0.3) is 15.7 Å². The van der Waals surface area contributed by atoms with Gasteiger partial charge in [0.25, 0.3) is 5.82 Å². The van der Waals surface area contributed by atoms with Crippen LogP contribution in [-0.2, 0) is 9.84 Å². The van der Waals surface area contributed by atoms with Gasteiger partial charge in [-0.2, -0.15) is 5.26 Å². The summed E-state index contributed by atoms with van der Waals surface area (Å²) in [5, 5.41) is 15.4. The topological polar surface area (TPSA) is 100 Å². The van der Waals surface area contributed by atoms with Gasteiger partial charge >= 0.3 is 0 Å². The Hall–Kier alpha value is -3.43. The van der Waals surface area contributed by atoms with Gasteiger partial charge in [-0.05, 0) is 24.3 Å². The van der Waals surface area contributed by atoms with E-state index in [2.05, 4.69) is 15.0 Å². The summed E-state index contributed by atoms with van der Waals surface area (Å²) in [7, 11) is -3.58. The highest BCUT2D eigenvalue weighted by Crippen LogP contribution is 2.38. The largest absolute Gasteiger partial charge is 0.458 e. The molecule has 0 radical (unpaired) electrons. The molecule has 0 saturated heterocycles. The van der Waals surface area contributed by atoms with Crippen LogP contribution in [0.3, 0.4) is 0 Å². The van der Waals surface area contributed by atoms with Gasteiger partial charge in [-0.25, -0.2) is 17.9 Å². The number of aromatic amines is 1. The Labute approximate surface area is 142 Å². The first-order valence-corrected chi connectivity index (χ1v) is 8.70. The average molecular weight is 356 g/mol. The second-order valence-corrected chi connectivity index (χ2v) is 7.12. The van der Waals surface area contributed by atoms with Crippen molar-refractivity contribution in [1.29, 1.82) is 5.26 Å². The first-order valence-electron chi connectivity index (χ1n) is 6.80. The van der Waals surface area contributed by atoms with Crippen molar-refractivity contribution < 1.29 is 17.5 Å². The molecule has 0 bridgehead atoms. The van der Waals surface area contributed by atoms with Gasteiger partial charge < -0.3 is 9.58 Å².